The molecule has 0 aromatic carbocycles. The zero-order chi connectivity index (χ0) is 11.0. The van der Waals surface area contributed by atoms with Gasteiger partial charge in [0.2, 0.25) is 0 Å². The second kappa shape index (κ2) is 4.79. The smallest absolute Gasteiger partial charge is 0.743 e. The molecule has 0 unspecified atom stereocenters. The van der Waals surface area contributed by atoms with Crippen molar-refractivity contribution in [2.24, 2.45) is 0 Å². The monoisotopic (exact) mass is 249 g/mol. The molecule has 0 fully saturated rings. The molecule has 1 rings (SSSR count). The Morgan fingerprint density at radius 2 is 1.87 bits per heavy atom. The fourth-order valence-corrected chi connectivity index (χ4v) is 1.45. The molecule has 1 aromatic heterocycles. The van der Waals surface area contributed by atoms with Crippen LogP contribution in [0.1, 0.15) is 5.56 Å². The van der Waals surface area contributed by atoms with E-state index < -0.39 is 26.9 Å². The average Bonchev–Trinajstić information content (AvgIpc) is 2.01. The van der Waals surface area contributed by atoms with E-state index in [0.29, 0.717) is 6.07 Å². The molecule has 0 aliphatic carbocycles. The van der Waals surface area contributed by atoms with E-state index in [1.807, 2.05) is 0 Å². The largest absolute Gasteiger partial charge is 1.00 e. The van der Waals surface area contributed by atoms with Gasteiger partial charge in [-0.1, -0.05) is 0 Å². The Labute approximate surface area is 106 Å². The molecule has 0 saturated heterocycles. The second-order valence-electron chi connectivity index (χ2n) is 2.31. The summed E-state index contributed by atoms with van der Waals surface area (Å²) in [6.45, 7) is 0. The molecule has 1 heterocycles. The molecule has 0 atom stereocenters. The number of alkyl halides is 3. The van der Waals surface area contributed by atoms with Gasteiger partial charge in [-0.3, -0.25) is 0 Å². The summed E-state index contributed by atoms with van der Waals surface area (Å²) in [7, 11) is -5.20. The Kier molecular flexibility index (Phi) is 4.74. The first-order chi connectivity index (χ1) is 6.23. The molecule has 0 amide bonds. The predicted molar refractivity (Wildman–Crippen MR) is 37.2 cm³/mol. The normalized spacial score (nSPS) is 12.0. The fraction of sp³-hybridized carbons (Fsp3) is 0.167. The Bertz CT molecular complexity index is 445. The minimum atomic E-state index is -5.20. The van der Waals surface area contributed by atoms with Crippen LogP contribution in [0.3, 0.4) is 0 Å². The first kappa shape index (κ1) is 14.8. The van der Waals surface area contributed by atoms with Gasteiger partial charge in [0.25, 0.3) is 0 Å². The van der Waals surface area contributed by atoms with Crippen LogP contribution in [0.25, 0.3) is 0 Å². The topological polar surface area (TPSA) is 70.1 Å². The van der Waals surface area contributed by atoms with E-state index in [4.69, 9.17) is 0 Å². The molecular weight excluding hydrogens is 246 g/mol. The third-order valence-corrected chi connectivity index (χ3v) is 2.11. The van der Waals surface area contributed by atoms with E-state index in [2.05, 4.69) is 4.98 Å². The van der Waals surface area contributed by atoms with Crippen LogP contribution in [-0.2, 0) is 16.3 Å². The first-order valence-corrected chi connectivity index (χ1v) is 4.62. The van der Waals surface area contributed by atoms with Crippen molar-refractivity contribution >= 4 is 10.1 Å². The molecule has 0 saturated carbocycles. The van der Waals surface area contributed by atoms with Gasteiger partial charge in [-0.2, -0.15) is 13.2 Å². The predicted octanol–water partition coefficient (Wildman–Crippen LogP) is -1.99. The van der Waals surface area contributed by atoms with Crippen molar-refractivity contribution in [3.8, 4) is 0 Å². The van der Waals surface area contributed by atoms with Crippen LogP contribution < -0.4 is 29.6 Å². The van der Waals surface area contributed by atoms with Gasteiger partial charge in [0, 0.05) is 6.20 Å². The van der Waals surface area contributed by atoms with Gasteiger partial charge in [-0.25, -0.2) is 13.4 Å². The average molecular weight is 249 g/mol. The van der Waals surface area contributed by atoms with Gasteiger partial charge in [0.1, 0.15) is 10.1 Å². The quantitative estimate of drug-likeness (QED) is 0.427. The maximum absolute atomic E-state index is 12.1. The van der Waals surface area contributed by atoms with Crippen molar-refractivity contribution < 1.29 is 55.7 Å². The van der Waals surface area contributed by atoms with E-state index in [1.165, 1.54) is 0 Å². The summed E-state index contributed by atoms with van der Waals surface area (Å²) < 4.78 is 67.6. The molecule has 4 nitrogen and oxygen atoms in total. The van der Waals surface area contributed by atoms with E-state index in [0.717, 1.165) is 12.3 Å². The van der Waals surface area contributed by atoms with Crippen molar-refractivity contribution in [3.05, 3.63) is 23.9 Å². The van der Waals surface area contributed by atoms with Crippen molar-refractivity contribution in [1.82, 2.24) is 4.98 Å². The molecule has 9 heteroatoms. The van der Waals surface area contributed by atoms with Gasteiger partial charge >= 0.3 is 35.7 Å². The summed E-state index contributed by atoms with van der Waals surface area (Å²) in [4.78, 5) is 2.90. The van der Waals surface area contributed by atoms with Crippen LogP contribution >= 0.6 is 0 Å². The minimum absolute atomic E-state index is 0. The Morgan fingerprint density at radius 1 is 1.33 bits per heavy atom. The van der Waals surface area contributed by atoms with E-state index in [9.17, 15) is 26.1 Å². The number of hydrogen-bond donors (Lipinski definition) is 0. The molecule has 78 valence electrons. The third-order valence-electron chi connectivity index (χ3n) is 1.31. The molecule has 0 spiro atoms. The zero-order valence-corrected chi connectivity index (χ0v) is 10.3. The molecule has 0 radical (unpaired) electrons. The Morgan fingerprint density at radius 3 is 2.20 bits per heavy atom. The number of aromatic nitrogens is 1. The van der Waals surface area contributed by atoms with E-state index in [1.54, 1.807) is 0 Å². The summed E-state index contributed by atoms with van der Waals surface area (Å²) in [5.74, 6) is 0. The van der Waals surface area contributed by atoms with E-state index >= 15 is 0 Å². The molecule has 1 aromatic rings. The molecule has 0 bridgehead atoms. The second-order valence-corrected chi connectivity index (χ2v) is 3.60. The van der Waals surface area contributed by atoms with Crippen LogP contribution in [0.15, 0.2) is 23.4 Å². The first-order valence-electron chi connectivity index (χ1n) is 3.21. The summed E-state index contributed by atoms with van der Waals surface area (Å²) in [6, 6.07) is 1.38. The summed E-state index contributed by atoms with van der Waals surface area (Å²) in [5, 5.41) is -1.49. The number of halogens is 3. The number of rotatable bonds is 1. The molecule has 15 heavy (non-hydrogen) atoms. The summed E-state index contributed by atoms with van der Waals surface area (Å²) >= 11 is 0. The van der Waals surface area contributed by atoms with E-state index in [-0.39, 0.29) is 29.6 Å². The summed E-state index contributed by atoms with van der Waals surface area (Å²) in [5.41, 5.74) is -1.55. The maximum atomic E-state index is 12.1. The van der Waals surface area contributed by atoms with Crippen LogP contribution in [0.5, 0.6) is 0 Å². The molecule has 0 aliphatic rings. The van der Waals surface area contributed by atoms with Gasteiger partial charge in [-0.05, 0) is 12.1 Å². The SMILES string of the molecule is O=S(=O)([O-])c1ncccc1C(F)(F)F.[Na+]. The van der Waals surface area contributed by atoms with Crippen molar-refractivity contribution in [2.75, 3.05) is 0 Å². The summed E-state index contributed by atoms with van der Waals surface area (Å²) in [6.07, 6.45) is -4.10. The van der Waals surface area contributed by atoms with Crippen molar-refractivity contribution in [1.29, 1.82) is 0 Å². The van der Waals surface area contributed by atoms with Crippen LogP contribution in [0, 0.1) is 0 Å². The molecule has 0 N–H and O–H groups in total. The van der Waals surface area contributed by atoms with Crippen LogP contribution in [-0.4, -0.2) is 18.0 Å². The molecule has 0 aliphatic heterocycles. The van der Waals surface area contributed by atoms with Crippen LogP contribution in [0.2, 0.25) is 0 Å². The third kappa shape index (κ3) is 3.72. The van der Waals surface area contributed by atoms with Crippen LogP contribution in [0.4, 0.5) is 13.2 Å². The van der Waals surface area contributed by atoms with Gasteiger partial charge in [-0.15, -0.1) is 0 Å². The van der Waals surface area contributed by atoms with Gasteiger partial charge in [0.15, 0.2) is 5.03 Å². The Balaban J connectivity index is 0.00000196. The number of hydrogen-bond acceptors (Lipinski definition) is 4. The standard InChI is InChI=1S/C6H4F3NO3S.Na/c7-6(8,9)4-2-1-3-10-5(4)14(11,12)13;/h1-3H,(H,11,12,13);/q;+1/p-1. The van der Waals surface area contributed by atoms with Crippen molar-refractivity contribution in [3.63, 3.8) is 0 Å². The van der Waals surface area contributed by atoms with Gasteiger partial charge < -0.3 is 4.55 Å². The zero-order valence-electron chi connectivity index (χ0n) is 7.45. The number of nitrogens with zero attached hydrogens (tertiary/aromatic N) is 1. The Hall–Kier alpha value is -0.150. The molecular formula is C6H3F3NNaO3S. The number of pyridine rings is 1. The van der Waals surface area contributed by atoms with Gasteiger partial charge in [0.05, 0.1) is 5.56 Å². The maximum Gasteiger partial charge on any atom is 1.00 e. The fourth-order valence-electron chi connectivity index (χ4n) is 0.806. The minimum Gasteiger partial charge on any atom is -0.743 e. The van der Waals surface area contributed by atoms with Crippen molar-refractivity contribution in [2.45, 2.75) is 11.2 Å².